The van der Waals surface area contributed by atoms with Gasteiger partial charge in [-0.15, -0.1) is 0 Å². The smallest absolute Gasteiger partial charge is 0.321 e. The SMILES string of the molecule is COc1cc(NS(=O)(=O)c2ccc(NC(=S)Nc3ccc([N+](=O)[O-])cc3OC)cc2)nc(OC)n1. The zero-order valence-electron chi connectivity index (χ0n) is 18.6. The van der Waals surface area contributed by atoms with Gasteiger partial charge in [-0.25, -0.2) is 8.42 Å². The van der Waals surface area contributed by atoms with Gasteiger partial charge in [0.25, 0.3) is 15.7 Å². The predicted molar refractivity (Wildman–Crippen MR) is 132 cm³/mol. The largest absolute Gasteiger partial charge is 0.494 e. The molecule has 13 nitrogen and oxygen atoms in total. The van der Waals surface area contributed by atoms with E-state index in [1.165, 1.54) is 69.9 Å². The van der Waals surface area contributed by atoms with Crippen LogP contribution in [0.3, 0.4) is 0 Å². The molecule has 0 amide bonds. The van der Waals surface area contributed by atoms with E-state index in [1.54, 1.807) is 0 Å². The van der Waals surface area contributed by atoms with Crippen molar-refractivity contribution in [3.8, 4) is 17.6 Å². The highest BCUT2D eigenvalue weighted by molar-refractivity contribution is 7.92. The van der Waals surface area contributed by atoms with Gasteiger partial charge in [0.2, 0.25) is 5.88 Å². The normalized spacial score (nSPS) is 10.7. The minimum Gasteiger partial charge on any atom is -0.494 e. The average Bonchev–Trinajstić information content (AvgIpc) is 2.83. The van der Waals surface area contributed by atoms with E-state index in [1.807, 2.05) is 0 Å². The molecule has 184 valence electrons. The van der Waals surface area contributed by atoms with Crippen LogP contribution in [0.4, 0.5) is 22.9 Å². The van der Waals surface area contributed by atoms with E-state index in [4.69, 9.17) is 26.4 Å². The molecule has 0 spiro atoms. The molecule has 0 fully saturated rings. The van der Waals surface area contributed by atoms with Crippen molar-refractivity contribution < 1.29 is 27.6 Å². The lowest BCUT2D eigenvalue weighted by molar-refractivity contribution is -0.384. The van der Waals surface area contributed by atoms with Crippen molar-refractivity contribution in [2.45, 2.75) is 4.90 Å². The van der Waals surface area contributed by atoms with Crippen LogP contribution < -0.4 is 29.6 Å². The van der Waals surface area contributed by atoms with E-state index in [0.29, 0.717) is 11.4 Å². The Kier molecular flexibility index (Phi) is 7.83. The molecule has 0 aliphatic heterocycles. The molecule has 0 atom stereocenters. The number of nitrogens with zero attached hydrogens (tertiary/aromatic N) is 3. The summed E-state index contributed by atoms with van der Waals surface area (Å²) in [4.78, 5) is 18.2. The molecule has 35 heavy (non-hydrogen) atoms. The second kappa shape index (κ2) is 10.8. The van der Waals surface area contributed by atoms with Crippen LogP contribution in [-0.4, -0.2) is 49.8 Å². The third-order valence-corrected chi connectivity index (χ3v) is 5.95. The fraction of sp³-hybridized carbons (Fsp3) is 0.150. The number of methoxy groups -OCH3 is 3. The number of non-ortho nitro benzene ring substituents is 1. The van der Waals surface area contributed by atoms with Crippen LogP contribution in [0, 0.1) is 10.1 Å². The zero-order chi connectivity index (χ0) is 25.6. The first-order valence-corrected chi connectivity index (χ1v) is 11.5. The quantitative estimate of drug-likeness (QED) is 0.215. The summed E-state index contributed by atoms with van der Waals surface area (Å²) in [5.41, 5.74) is 0.776. The Morgan fingerprint density at radius 1 is 0.971 bits per heavy atom. The number of nitro benzene ring substituents is 1. The van der Waals surface area contributed by atoms with E-state index in [0.717, 1.165) is 0 Å². The lowest BCUT2D eigenvalue weighted by Crippen LogP contribution is -2.19. The molecule has 2 aromatic carbocycles. The maximum atomic E-state index is 12.7. The number of anilines is 3. The fourth-order valence-electron chi connectivity index (χ4n) is 2.75. The topological polar surface area (TPSA) is 167 Å². The minimum absolute atomic E-state index is 0.0293. The molecule has 0 bridgehead atoms. The summed E-state index contributed by atoms with van der Waals surface area (Å²) >= 11 is 5.27. The Labute approximate surface area is 205 Å². The van der Waals surface area contributed by atoms with Gasteiger partial charge in [0.15, 0.2) is 10.9 Å². The van der Waals surface area contributed by atoms with Crippen LogP contribution in [0.5, 0.6) is 17.6 Å². The van der Waals surface area contributed by atoms with Crippen molar-refractivity contribution in [1.29, 1.82) is 0 Å². The van der Waals surface area contributed by atoms with Gasteiger partial charge in [-0.05, 0) is 42.5 Å². The van der Waals surface area contributed by atoms with Gasteiger partial charge in [-0.2, -0.15) is 9.97 Å². The zero-order valence-corrected chi connectivity index (χ0v) is 20.3. The molecule has 3 rings (SSSR count). The number of hydrogen-bond acceptors (Lipinski definition) is 10. The Bertz CT molecular complexity index is 1330. The molecule has 1 aromatic heterocycles. The predicted octanol–water partition coefficient (Wildman–Crippen LogP) is 3.02. The fourth-order valence-corrected chi connectivity index (χ4v) is 3.97. The second-order valence-corrected chi connectivity index (χ2v) is 8.72. The van der Waals surface area contributed by atoms with Crippen LogP contribution in [0.1, 0.15) is 0 Å². The number of thiocarbonyl (C=S) groups is 1. The number of hydrogen-bond donors (Lipinski definition) is 3. The Morgan fingerprint density at radius 2 is 1.69 bits per heavy atom. The van der Waals surface area contributed by atoms with E-state index in [9.17, 15) is 18.5 Å². The number of sulfonamides is 1. The van der Waals surface area contributed by atoms with Crippen molar-refractivity contribution in [3.05, 3.63) is 58.6 Å². The van der Waals surface area contributed by atoms with Crippen LogP contribution in [0.25, 0.3) is 0 Å². The number of nitrogens with one attached hydrogen (secondary N) is 3. The first kappa shape index (κ1) is 25.4. The molecule has 1 heterocycles. The highest BCUT2D eigenvalue weighted by Crippen LogP contribution is 2.29. The average molecular weight is 521 g/mol. The standard InChI is InChI=1S/C20H20N6O7S2/c1-31-16-10-13(26(27)28)6-9-15(16)22-20(34)21-12-4-7-14(8-5-12)35(29,30)25-17-11-18(32-2)24-19(23-17)33-3/h4-11H,1-3H3,(H2,21,22,34)(H,23,24,25). The van der Waals surface area contributed by atoms with Gasteiger partial charge in [-0.3, -0.25) is 14.8 Å². The van der Waals surface area contributed by atoms with Crippen LogP contribution >= 0.6 is 12.2 Å². The maximum Gasteiger partial charge on any atom is 0.321 e. The lowest BCUT2D eigenvalue weighted by Gasteiger charge is -2.14. The highest BCUT2D eigenvalue weighted by Gasteiger charge is 2.17. The third kappa shape index (κ3) is 6.42. The number of rotatable bonds is 9. The lowest BCUT2D eigenvalue weighted by atomic mass is 10.2. The van der Waals surface area contributed by atoms with E-state index >= 15 is 0 Å². The molecule has 3 N–H and O–H groups in total. The molecule has 3 aromatic rings. The Hall–Kier alpha value is -4.24. The van der Waals surface area contributed by atoms with Crippen molar-refractivity contribution in [1.82, 2.24) is 9.97 Å². The summed E-state index contributed by atoms with van der Waals surface area (Å²) in [6.07, 6.45) is 0. The summed E-state index contributed by atoms with van der Waals surface area (Å²) in [6, 6.07) is 11.0. The van der Waals surface area contributed by atoms with Crippen LogP contribution in [0.15, 0.2) is 53.4 Å². The van der Waals surface area contributed by atoms with Crippen molar-refractivity contribution in [2.75, 3.05) is 36.7 Å². The number of aromatic nitrogens is 2. The number of benzene rings is 2. The Morgan fingerprint density at radius 3 is 2.29 bits per heavy atom. The van der Waals surface area contributed by atoms with Gasteiger partial charge in [0.05, 0.1) is 42.9 Å². The van der Waals surface area contributed by atoms with Gasteiger partial charge < -0.3 is 24.8 Å². The summed E-state index contributed by atoms with van der Waals surface area (Å²) in [5, 5.41) is 16.9. The number of ether oxygens (including phenoxy) is 3. The summed E-state index contributed by atoms with van der Waals surface area (Å²) in [6.45, 7) is 0. The summed E-state index contributed by atoms with van der Waals surface area (Å²) in [5.74, 6) is 0.326. The molecule has 0 aliphatic rings. The Balaban J connectivity index is 1.70. The van der Waals surface area contributed by atoms with Gasteiger partial charge in [-0.1, -0.05) is 0 Å². The van der Waals surface area contributed by atoms with E-state index in [-0.39, 0.29) is 39.2 Å². The second-order valence-electron chi connectivity index (χ2n) is 6.63. The molecule has 0 aliphatic carbocycles. The van der Waals surface area contributed by atoms with Crippen molar-refractivity contribution in [2.24, 2.45) is 0 Å². The van der Waals surface area contributed by atoms with Gasteiger partial charge in [0, 0.05) is 17.8 Å². The molecular formula is C20H20N6O7S2. The van der Waals surface area contributed by atoms with Crippen molar-refractivity contribution >= 4 is 50.2 Å². The highest BCUT2D eigenvalue weighted by atomic mass is 32.2. The maximum absolute atomic E-state index is 12.7. The van der Waals surface area contributed by atoms with E-state index in [2.05, 4.69) is 25.3 Å². The van der Waals surface area contributed by atoms with Gasteiger partial charge in [0.1, 0.15) is 5.75 Å². The first-order valence-electron chi connectivity index (χ1n) is 9.65. The summed E-state index contributed by atoms with van der Waals surface area (Å²) in [7, 11) is 0.121. The molecule has 15 heteroatoms. The van der Waals surface area contributed by atoms with Crippen LogP contribution in [-0.2, 0) is 10.0 Å². The number of nitro groups is 1. The monoisotopic (exact) mass is 520 g/mol. The molecule has 0 saturated carbocycles. The molecule has 0 saturated heterocycles. The van der Waals surface area contributed by atoms with Crippen molar-refractivity contribution in [3.63, 3.8) is 0 Å². The molecule has 0 unspecified atom stereocenters. The van der Waals surface area contributed by atoms with Crippen LogP contribution in [0.2, 0.25) is 0 Å². The summed E-state index contributed by atoms with van der Waals surface area (Å²) < 4.78 is 43.0. The van der Waals surface area contributed by atoms with E-state index < -0.39 is 14.9 Å². The minimum atomic E-state index is -3.98. The molecule has 0 radical (unpaired) electrons. The molecular weight excluding hydrogens is 500 g/mol. The third-order valence-electron chi connectivity index (χ3n) is 4.38. The first-order chi connectivity index (χ1) is 16.6. The van der Waals surface area contributed by atoms with Gasteiger partial charge >= 0.3 is 6.01 Å².